The number of rotatable bonds is 11. The highest BCUT2D eigenvalue weighted by Crippen LogP contribution is 2.12. The molecule has 0 aliphatic carbocycles. The van der Waals surface area contributed by atoms with Gasteiger partial charge in [-0.25, -0.2) is 9.18 Å². The van der Waals surface area contributed by atoms with Gasteiger partial charge in [0.1, 0.15) is 11.8 Å². The van der Waals surface area contributed by atoms with Crippen LogP contribution in [-0.4, -0.2) is 49.1 Å². The molecule has 30 heavy (non-hydrogen) atoms. The van der Waals surface area contributed by atoms with E-state index in [1.807, 2.05) is 60.7 Å². The minimum Gasteiger partial charge on any atom is -0.444 e. The highest BCUT2D eigenvalue weighted by Gasteiger charge is 2.17. The Kier molecular flexibility index (Phi) is 9.77. The Labute approximate surface area is 179 Å². The standard InChI is InChI=1S/C24H33FN2O3/c1-24(2,3)30-23(28)26-14-15-29-19-22(25)18-27(16-20-10-6-4-7-11-20)17-21-12-8-5-9-13-21/h4-13,22H,14-19H2,1-3H3,(H,26,28). The molecule has 1 atom stereocenters. The summed E-state index contributed by atoms with van der Waals surface area (Å²) < 4.78 is 25.1. The van der Waals surface area contributed by atoms with Gasteiger partial charge in [0.25, 0.3) is 0 Å². The van der Waals surface area contributed by atoms with Crippen molar-refractivity contribution < 1.29 is 18.7 Å². The Bertz CT molecular complexity index is 694. The summed E-state index contributed by atoms with van der Waals surface area (Å²) >= 11 is 0. The predicted molar refractivity (Wildman–Crippen MR) is 117 cm³/mol. The number of carbonyl (C=O) groups excluding carboxylic acids is 1. The summed E-state index contributed by atoms with van der Waals surface area (Å²) in [7, 11) is 0. The van der Waals surface area contributed by atoms with E-state index in [2.05, 4.69) is 10.2 Å². The lowest BCUT2D eigenvalue weighted by Gasteiger charge is -2.24. The summed E-state index contributed by atoms with van der Waals surface area (Å²) in [4.78, 5) is 13.7. The third-order valence-corrected chi connectivity index (χ3v) is 4.17. The summed E-state index contributed by atoms with van der Waals surface area (Å²) in [6.45, 7) is 7.48. The second-order valence-corrected chi connectivity index (χ2v) is 8.24. The van der Waals surface area contributed by atoms with E-state index in [1.54, 1.807) is 20.8 Å². The summed E-state index contributed by atoms with van der Waals surface area (Å²) in [5, 5.41) is 2.60. The Morgan fingerprint density at radius 2 is 1.53 bits per heavy atom. The molecule has 0 spiro atoms. The zero-order valence-electron chi connectivity index (χ0n) is 18.1. The zero-order valence-corrected chi connectivity index (χ0v) is 18.1. The van der Waals surface area contributed by atoms with Crippen LogP contribution < -0.4 is 5.32 Å². The van der Waals surface area contributed by atoms with E-state index in [1.165, 1.54) is 0 Å². The topological polar surface area (TPSA) is 50.8 Å². The number of nitrogens with one attached hydrogen (secondary N) is 1. The molecular formula is C24H33FN2O3. The average molecular weight is 417 g/mol. The Hall–Kier alpha value is -2.44. The van der Waals surface area contributed by atoms with E-state index in [4.69, 9.17) is 9.47 Å². The van der Waals surface area contributed by atoms with E-state index in [0.29, 0.717) is 13.1 Å². The average Bonchev–Trinajstić information content (AvgIpc) is 2.68. The quantitative estimate of drug-likeness (QED) is 0.545. The summed E-state index contributed by atoms with van der Waals surface area (Å²) in [5.74, 6) is 0. The number of hydrogen-bond acceptors (Lipinski definition) is 4. The Balaban J connectivity index is 1.76. The largest absolute Gasteiger partial charge is 0.444 e. The lowest BCUT2D eigenvalue weighted by Crippen LogP contribution is -2.35. The predicted octanol–water partition coefficient (Wildman–Crippen LogP) is 4.57. The number of carbonyl (C=O) groups is 1. The number of ether oxygens (including phenoxy) is 2. The molecule has 0 saturated heterocycles. The van der Waals surface area contributed by atoms with Gasteiger partial charge in [-0.3, -0.25) is 4.90 Å². The van der Waals surface area contributed by atoms with Crippen LogP contribution in [0.4, 0.5) is 9.18 Å². The van der Waals surface area contributed by atoms with E-state index >= 15 is 0 Å². The Morgan fingerprint density at radius 1 is 1.00 bits per heavy atom. The van der Waals surface area contributed by atoms with Crippen molar-refractivity contribution in [1.29, 1.82) is 0 Å². The molecule has 1 N–H and O–H groups in total. The van der Waals surface area contributed by atoms with Crippen LogP contribution >= 0.6 is 0 Å². The number of halogens is 1. The van der Waals surface area contributed by atoms with Crippen molar-refractivity contribution in [3.05, 3.63) is 71.8 Å². The van der Waals surface area contributed by atoms with E-state index in [-0.39, 0.29) is 26.3 Å². The first-order valence-electron chi connectivity index (χ1n) is 10.3. The van der Waals surface area contributed by atoms with Gasteiger partial charge in [0.05, 0.1) is 13.2 Å². The molecule has 0 aliphatic rings. The molecule has 0 heterocycles. The van der Waals surface area contributed by atoms with Gasteiger partial charge < -0.3 is 14.8 Å². The molecule has 5 nitrogen and oxygen atoms in total. The van der Waals surface area contributed by atoms with Crippen LogP contribution in [0, 0.1) is 0 Å². The molecule has 2 rings (SSSR count). The first-order valence-corrected chi connectivity index (χ1v) is 10.3. The number of nitrogens with zero attached hydrogens (tertiary/aromatic N) is 1. The highest BCUT2D eigenvalue weighted by molar-refractivity contribution is 5.67. The summed E-state index contributed by atoms with van der Waals surface area (Å²) in [6.07, 6.45) is -1.63. The maximum atomic E-state index is 14.6. The number of alkyl halides is 1. The van der Waals surface area contributed by atoms with Crippen molar-refractivity contribution in [3.8, 4) is 0 Å². The van der Waals surface area contributed by atoms with E-state index in [0.717, 1.165) is 11.1 Å². The van der Waals surface area contributed by atoms with Gasteiger partial charge in [-0.15, -0.1) is 0 Å². The van der Waals surface area contributed by atoms with Crippen molar-refractivity contribution in [2.75, 3.05) is 26.3 Å². The minimum atomic E-state index is -1.13. The molecule has 6 heteroatoms. The molecule has 0 radical (unpaired) electrons. The van der Waals surface area contributed by atoms with Gasteiger partial charge in [-0.2, -0.15) is 0 Å². The maximum absolute atomic E-state index is 14.6. The first-order chi connectivity index (χ1) is 14.3. The fraction of sp³-hybridized carbons (Fsp3) is 0.458. The number of hydrogen-bond donors (Lipinski definition) is 1. The molecule has 1 amide bonds. The molecular weight excluding hydrogens is 383 g/mol. The molecule has 0 fully saturated rings. The van der Waals surface area contributed by atoms with Crippen LogP contribution in [-0.2, 0) is 22.6 Å². The first kappa shape index (κ1) is 23.8. The molecule has 0 bridgehead atoms. The monoisotopic (exact) mass is 416 g/mol. The van der Waals surface area contributed by atoms with Crippen molar-refractivity contribution in [2.24, 2.45) is 0 Å². The van der Waals surface area contributed by atoms with E-state index < -0.39 is 17.9 Å². The second-order valence-electron chi connectivity index (χ2n) is 8.24. The minimum absolute atomic E-state index is 0.0178. The second kappa shape index (κ2) is 12.3. The van der Waals surface area contributed by atoms with Crippen molar-refractivity contribution in [2.45, 2.75) is 45.6 Å². The SMILES string of the molecule is CC(C)(C)OC(=O)NCCOCC(F)CN(Cc1ccccc1)Cc1ccccc1. The molecule has 164 valence electrons. The molecule has 0 aromatic heterocycles. The van der Waals surface area contributed by atoms with Crippen LogP contribution in [0.25, 0.3) is 0 Å². The van der Waals surface area contributed by atoms with E-state index in [9.17, 15) is 9.18 Å². The van der Waals surface area contributed by atoms with Gasteiger partial charge in [-0.05, 0) is 31.9 Å². The van der Waals surface area contributed by atoms with Crippen molar-refractivity contribution >= 4 is 6.09 Å². The van der Waals surface area contributed by atoms with Gasteiger partial charge in [-0.1, -0.05) is 60.7 Å². The Morgan fingerprint density at radius 3 is 2.03 bits per heavy atom. The lowest BCUT2D eigenvalue weighted by molar-refractivity contribution is 0.0434. The third kappa shape index (κ3) is 10.4. The lowest BCUT2D eigenvalue weighted by atomic mass is 10.1. The fourth-order valence-electron chi connectivity index (χ4n) is 2.95. The third-order valence-electron chi connectivity index (χ3n) is 4.17. The molecule has 2 aromatic carbocycles. The van der Waals surface area contributed by atoms with Crippen LogP contribution in [0.3, 0.4) is 0 Å². The highest BCUT2D eigenvalue weighted by atomic mass is 19.1. The smallest absolute Gasteiger partial charge is 0.407 e. The zero-order chi connectivity index (χ0) is 21.8. The molecule has 1 unspecified atom stereocenters. The number of benzene rings is 2. The van der Waals surface area contributed by atoms with Gasteiger partial charge in [0, 0.05) is 26.2 Å². The molecule has 0 aliphatic heterocycles. The number of amides is 1. The number of alkyl carbamates (subject to hydrolysis) is 1. The van der Waals surface area contributed by atoms with Gasteiger partial charge >= 0.3 is 6.09 Å². The summed E-state index contributed by atoms with van der Waals surface area (Å²) in [6, 6.07) is 20.1. The summed E-state index contributed by atoms with van der Waals surface area (Å²) in [5.41, 5.74) is 1.74. The van der Waals surface area contributed by atoms with Crippen LogP contribution in [0.5, 0.6) is 0 Å². The molecule has 0 saturated carbocycles. The van der Waals surface area contributed by atoms with Crippen molar-refractivity contribution in [1.82, 2.24) is 10.2 Å². The fourth-order valence-corrected chi connectivity index (χ4v) is 2.95. The van der Waals surface area contributed by atoms with Gasteiger partial charge in [0.15, 0.2) is 0 Å². The van der Waals surface area contributed by atoms with Crippen LogP contribution in [0.15, 0.2) is 60.7 Å². The maximum Gasteiger partial charge on any atom is 0.407 e. The van der Waals surface area contributed by atoms with Crippen molar-refractivity contribution in [3.63, 3.8) is 0 Å². The van der Waals surface area contributed by atoms with Crippen LogP contribution in [0.2, 0.25) is 0 Å². The molecule has 2 aromatic rings. The van der Waals surface area contributed by atoms with Gasteiger partial charge in [0.2, 0.25) is 0 Å². The normalized spacial score (nSPS) is 12.6. The van der Waals surface area contributed by atoms with Crippen LogP contribution in [0.1, 0.15) is 31.9 Å².